The van der Waals surface area contributed by atoms with Crippen LogP contribution in [0.25, 0.3) is 10.8 Å². The van der Waals surface area contributed by atoms with Gasteiger partial charge in [-0.05, 0) is 46.9 Å². The van der Waals surface area contributed by atoms with Crippen LogP contribution in [0.3, 0.4) is 0 Å². The average molecular weight is 407 g/mol. The summed E-state index contributed by atoms with van der Waals surface area (Å²) >= 11 is 0. The lowest BCUT2D eigenvalue weighted by atomic mass is 10.00. The molecule has 1 N–H and O–H groups in total. The monoisotopic (exact) mass is 406 g/mol. The highest BCUT2D eigenvalue weighted by Crippen LogP contribution is 2.21. The third kappa shape index (κ3) is 5.03. The van der Waals surface area contributed by atoms with Crippen molar-refractivity contribution in [2.75, 3.05) is 7.05 Å². The molecule has 3 rings (SSSR count). The molecular weight excluding hydrogens is 379 g/mol. The van der Waals surface area contributed by atoms with Gasteiger partial charge in [-0.2, -0.15) is 0 Å². The van der Waals surface area contributed by atoms with E-state index in [0.717, 1.165) is 21.9 Å². The Bertz CT molecular complexity index is 1010. The number of benzene rings is 3. The van der Waals surface area contributed by atoms with Gasteiger partial charge in [0, 0.05) is 20.0 Å². The van der Waals surface area contributed by atoms with E-state index in [0.29, 0.717) is 19.3 Å². The van der Waals surface area contributed by atoms with Gasteiger partial charge >= 0.3 is 0 Å². The van der Waals surface area contributed by atoms with Crippen LogP contribution in [0.5, 0.6) is 0 Å². The first-order chi connectivity index (χ1) is 14.5. The standard InChI is InChI=1S/C25H27FN2O2/c1-3-23(25(30)27-2)28(17-18-11-14-21(26)15-12-18)24(29)16-13-20-9-6-8-19-7-4-5-10-22(19)20/h4-12,14-15,23H,3,13,16-17H2,1-2H3,(H,27,30)/t23-/m1/s1. The van der Waals surface area contributed by atoms with Gasteiger partial charge in [0.25, 0.3) is 0 Å². The Balaban J connectivity index is 1.81. The number of likely N-dealkylation sites (N-methyl/N-ethyl adjacent to an activating group) is 1. The van der Waals surface area contributed by atoms with E-state index in [-0.39, 0.29) is 24.2 Å². The fourth-order valence-electron chi connectivity index (χ4n) is 3.77. The Hall–Kier alpha value is -3.21. The van der Waals surface area contributed by atoms with E-state index >= 15 is 0 Å². The Morgan fingerprint density at radius 3 is 2.40 bits per heavy atom. The largest absolute Gasteiger partial charge is 0.357 e. The van der Waals surface area contributed by atoms with Gasteiger partial charge in [0.05, 0.1) is 0 Å². The molecule has 0 aliphatic rings. The summed E-state index contributed by atoms with van der Waals surface area (Å²) in [6.07, 6.45) is 1.38. The molecule has 2 amide bonds. The quantitative estimate of drug-likeness (QED) is 0.600. The average Bonchev–Trinajstić information content (AvgIpc) is 2.78. The van der Waals surface area contributed by atoms with Gasteiger partial charge in [-0.3, -0.25) is 9.59 Å². The van der Waals surface area contributed by atoms with Crippen LogP contribution >= 0.6 is 0 Å². The number of rotatable bonds is 8. The number of carbonyl (C=O) groups excluding carboxylic acids is 2. The van der Waals surface area contributed by atoms with Crippen LogP contribution in [0.1, 0.15) is 30.9 Å². The van der Waals surface area contributed by atoms with E-state index in [1.807, 2.05) is 31.2 Å². The SMILES string of the molecule is CC[C@H](C(=O)NC)N(Cc1ccc(F)cc1)C(=O)CCc1cccc2ccccc12. The lowest BCUT2D eigenvalue weighted by molar-refractivity contribution is -0.141. The molecule has 4 nitrogen and oxygen atoms in total. The van der Waals surface area contributed by atoms with E-state index < -0.39 is 6.04 Å². The summed E-state index contributed by atoms with van der Waals surface area (Å²) < 4.78 is 13.3. The molecule has 0 heterocycles. The minimum Gasteiger partial charge on any atom is -0.357 e. The van der Waals surface area contributed by atoms with Crippen LogP contribution < -0.4 is 5.32 Å². The highest BCUT2D eigenvalue weighted by Gasteiger charge is 2.27. The molecule has 0 fully saturated rings. The van der Waals surface area contributed by atoms with Crippen molar-refractivity contribution in [3.8, 4) is 0 Å². The maximum Gasteiger partial charge on any atom is 0.242 e. The van der Waals surface area contributed by atoms with Crippen molar-refractivity contribution in [2.24, 2.45) is 0 Å². The third-order valence-electron chi connectivity index (χ3n) is 5.39. The van der Waals surface area contributed by atoms with Gasteiger partial charge in [0.2, 0.25) is 11.8 Å². The minimum atomic E-state index is -0.569. The lowest BCUT2D eigenvalue weighted by Crippen LogP contribution is -2.48. The summed E-state index contributed by atoms with van der Waals surface area (Å²) in [4.78, 5) is 27.2. The number of hydrogen-bond acceptors (Lipinski definition) is 2. The van der Waals surface area contributed by atoms with Gasteiger partial charge in [-0.1, -0.05) is 61.5 Å². The van der Waals surface area contributed by atoms with E-state index in [1.54, 1.807) is 24.1 Å². The first kappa shape index (κ1) is 21.5. The van der Waals surface area contributed by atoms with Gasteiger partial charge in [-0.25, -0.2) is 4.39 Å². The molecule has 1 atom stereocenters. The predicted molar refractivity (Wildman–Crippen MR) is 117 cm³/mol. The van der Waals surface area contributed by atoms with Crippen molar-refractivity contribution >= 4 is 22.6 Å². The summed E-state index contributed by atoms with van der Waals surface area (Å²) in [5.74, 6) is -0.619. The van der Waals surface area contributed by atoms with Crippen LogP contribution in [0.15, 0.2) is 66.7 Å². The number of amides is 2. The van der Waals surface area contributed by atoms with Crippen LogP contribution in [-0.4, -0.2) is 29.8 Å². The van der Waals surface area contributed by atoms with E-state index in [1.165, 1.54) is 12.1 Å². The van der Waals surface area contributed by atoms with Gasteiger partial charge in [0.1, 0.15) is 11.9 Å². The summed E-state index contributed by atoms with van der Waals surface area (Å²) in [7, 11) is 1.57. The van der Waals surface area contributed by atoms with Crippen molar-refractivity contribution in [1.82, 2.24) is 10.2 Å². The maximum atomic E-state index is 13.3. The number of aryl methyl sites for hydroxylation is 1. The number of carbonyl (C=O) groups is 2. The van der Waals surface area contributed by atoms with Gasteiger partial charge in [0.15, 0.2) is 0 Å². The van der Waals surface area contributed by atoms with Crippen LogP contribution in [0, 0.1) is 5.82 Å². The van der Waals surface area contributed by atoms with Gasteiger partial charge < -0.3 is 10.2 Å². The second kappa shape index (κ2) is 10.0. The predicted octanol–water partition coefficient (Wildman–Crippen LogP) is 4.46. The third-order valence-corrected chi connectivity index (χ3v) is 5.39. The highest BCUT2D eigenvalue weighted by atomic mass is 19.1. The molecule has 0 saturated heterocycles. The normalized spacial score (nSPS) is 11.8. The smallest absolute Gasteiger partial charge is 0.242 e. The van der Waals surface area contributed by atoms with Crippen LogP contribution in [0.4, 0.5) is 4.39 Å². The fraction of sp³-hybridized carbons (Fsp3) is 0.280. The molecule has 0 unspecified atom stereocenters. The number of nitrogens with one attached hydrogen (secondary N) is 1. The molecule has 0 bridgehead atoms. The Morgan fingerprint density at radius 2 is 1.70 bits per heavy atom. The van der Waals surface area contributed by atoms with E-state index in [9.17, 15) is 14.0 Å². The zero-order valence-corrected chi connectivity index (χ0v) is 17.4. The molecule has 5 heteroatoms. The molecule has 156 valence electrons. The molecule has 0 saturated carbocycles. The van der Waals surface area contributed by atoms with Crippen molar-refractivity contribution in [3.05, 3.63) is 83.7 Å². The Kier molecular flexibility index (Phi) is 7.17. The highest BCUT2D eigenvalue weighted by molar-refractivity contribution is 5.89. The summed E-state index contributed by atoms with van der Waals surface area (Å²) in [5, 5.41) is 4.93. The molecule has 0 spiro atoms. The van der Waals surface area contributed by atoms with Gasteiger partial charge in [-0.15, -0.1) is 0 Å². The second-order valence-electron chi connectivity index (χ2n) is 7.32. The Morgan fingerprint density at radius 1 is 1.00 bits per heavy atom. The minimum absolute atomic E-state index is 0.0947. The molecule has 0 radical (unpaired) electrons. The molecule has 3 aromatic rings. The Labute approximate surface area is 176 Å². The molecule has 30 heavy (non-hydrogen) atoms. The summed E-state index contributed by atoms with van der Waals surface area (Å²) in [6.45, 7) is 2.15. The van der Waals surface area contributed by atoms with Crippen molar-refractivity contribution in [2.45, 2.75) is 38.8 Å². The molecule has 0 aliphatic heterocycles. The first-order valence-electron chi connectivity index (χ1n) is 10.3. The maximum absolute atomic E-state index is 13.3. The lowest BCUT2D eigenvalue weighted by Gasteiger charge is -2.30. The number of hydrogen-bond donors (Lipinski definition) is 1. The zero-order valence-electron chi connectivity index (χ0n) is 17.4. The summed E-state index contributed by atoms with van der Waals surface area (Å²) in [5.41, 5.74) is 1.90. The van der Waals surface area contributed by atoms with Crippen LogP contribution in [0.2, 0.25) is 0 Å². The van der Waals surface area contributed by atoms with E-state index in [2.05, 4.69) is 23.5 Å². The number of fused-ring (bicyclic) bond motifs is 1. The van der Waals surface area contributed by atoms with E-state index in [4.69, 9.17) is 0 Å². The molecule has 0 aromatic heterocycles. The molecule has 0 aliphatic carbocycles. The molecule has 3 aromatic carbocycles. The van der Waals surface area contributed by atoms with Crippen molar-refractivity contribution in [1.29, 1.82) is 0 Å². The van der Waals surface area contributed by atoms with Crippen molar-refractivity contribution in [3.63, 3.8) is 0 Å². The number of nitrogens with zero attached hydrogens (tertiary/aromatic N) is 1. The summed E-state index contributed by atoms with van der Waals surface area (Å²) in [6, 6.07) is 19.7. The second-order valence-corrected chi connectivity index (χ2v) is 7.32. The number of halogens is 1. The zero-order chi connectivity index (χ0) is 21.5. The fourth-order valence-corrected chi connectivity index (χ4v) is 3.77. The first-order valence-corrected chi connectivity index (χ1v) is 10.3. The molecular formula is C25H27FN2O2. The topological polar surface area (TPSA) is 49.4 Å². The van der Waals surface area contributed by atoms with Crippen molar-refractivity contribution < 1.29 is 14.0 Å². The van der Waals surface area contributed by atoms with Crippen LogP contribution in [-0.2, 0) is 22.6 Å².